The molecule has 0 aromatic carbocycles. The van der Waals surface area contributed by atoms with Gasteiger partial charge in [0.1, 0.15) is 13.2 Å². The number of carbonyl (C=O) groups excluding carboxylic acids is 3. The Bertz CT molecular complexity index is 1580. The average Bonchev–Trinajstić information content (AvgIpc) is 3.47. The van der Waals surface area contributed by atoms with Crippen molar-refractivity contribution in [2.45, 2.75) is 348 Å². The number of unbranched alkanes of at least 4 members (excludes halogenated alkanes) is 36. The lowest BCUT2D eigenvalue weighted by atomic mass is 10.0. The number of carbonyl (C=O) groups is 3. The number of allylic oxidation sites excluding steroid dienone is 16. The fraction of sp³-hybridized carbons (Fsp3) is 0.747. The summed E-state index contributed by atoms with van der Waals surface area (Å²) in [6.07, 6.45) is 93.0. The molecule has 0 aliphatic carbocycles. The highest BCUT2D eigenvalue weighted by molar-refractivity contribution is 5.71. The SMILES string of the molecule is CC/C=C\C/C=C\C/C=C\C/C=C\C/C=C\C/C=C\CCC(=O)OCC(COC(=O)CCCCCCCCCCCCC/C=C\C/C=C\CCCCCCC)OC(=O)CCCCCCCCCCCCCCCCCCCCCCC. The van der Waals surface area contributed by atoms with Crippen LogP contribution in [0.5, 0.6) is 0 Å². The van der Waals surface area contributed by atoms with Crippen LogP contribution >= 0.6 is 0 Å². The molecule has 1 unspecified atom stereocenters. The zero-order valence-corrected chi connectivity index (χ0v) is 53.5. The van der Waals surface area contributed by atoms with Crippen LogP contribution in [0.25, 0.3) is 0 Å². The van der Waals surface area contributed by atoms with Gasteiger partial charge in [-0.05, 0) is 89.9 Å². The molecule has 1 atom stereocenters. The van der Waals surface area contributed by atoms with E-state index in [-0.39, 0.29) is 37.5 Å². The van der Waals surface area contributed by atoms with E-state index in [1.165, 1.54) is 212 Å². The average molecular weight is 1130 g/mol. The van der Waals surface area contributed by atoms with Crippen molar-refractivity contribution in [3.8, 4) is 0 Å². The van der Waals surface area contributed by atoms with Crippen LogP contribution in [0.2, 0.25) is 0 Å². The molecule has 0 aromatic rings. The number of hydrogen-bond donors (Lipinski definition) is 0. The Morgan fingerprint density at radius 1 is 0.259 bits per heavy atom. The van der Waals surface area contributed by atoms with Crippen LogP contribution in [0, 0.1) is 0 Å². The second-order valence-corrected chi connectivity index (χ2v) is 23.1. The summed E-state index contributed by atoms with van der Waals surface area (Å²) in [6.45, 7) is 6.50. The van der Waals surface area contributed by atoms with Gasteiger partial charge in [0.05, 0.1) is 0 Å². The molecule has 0 amide bonds. The van der Waals surface area contributed by atoms with E-state index < -0.39 is 6.10 Å². The molecule has 6 nitrogen and oxygen atoms in total. The van der Waals surface area contributed by atoms with Crippen molar-refractivity contribution in [3.05, 3.63) is 97.2 Å². The van der Waals surface area contributed by atoms with Crippen molar-refractivity contribution in [3.63, 3.8) is 0 Å². The van der Waals surface area contributed by atoms with Crippen molar-refractivity contribution in [1.82, 2.24) is 0 Å². The molecule has 0 radical (unpaired) electrons. The van der Waals surface area contributed by atoms with E-state index in [4.69, 9.17) is 14.2 Å². The summed E-state index contributed by atoms with van der Waals surface area (Å²) < 4.78 is 16.9. The van der Waals surface area contributed by atoms with Crippen LogP contribution in [0.1, 0.15) is 342 Å². The molecule has 0 aromatic heterocycles. The van der Waals surface area contributed by atoms with Crippen molar-refractivity contribution in [1.29, 1.82) is 0 Å². The fourth-order valence-corrected chi connectivity index (χ4v) is 9.91. The second kappa shape index (κ2) is 68.8. The third kappa shape index (κ3) is 67.0. The first-order valence-electron chi connectivity index (χ1n) is 34.7. The minimum absolute atomic E-state index is 0.0992. The maximum absolute atomic E-state index is 13.0. The Morgan fingerprint density at radius 3 is 0.827 bits per heavy atom. The van der Waals surface area contributed by atoms with Crippen LogP contribution in [0.3, 0.4) is 0 Å². The van der Waals surface area contributed by atoms with E-state index in [1.54, 1.807) is 0 Å². The molecule has 0 fully saturated rings. The summed E-state index contributed by atoms with van der Waals surface area (Å²) in [6, 6.07) is 0. The molecule has 6 heteroatoms. The van der Waals surface area contributed by atoms with Crippen LogP contribution < -0.4 is 0 Å². The van der Waals surface area contributed by atoms with Gasteiger partial charge in [-0.2, -0.15) is 0 Å². The quantitative estimate of drug-likeness (QED) is 0.0261. The van der Waals surface area contributed by atoms with Gasteiger partial charge in [0.2, 0.25) is 0 Å². The van der Waals surface area contributed by atoms with Gasteiger partial charge >= 0.3 is 17.9 Å². The lowest BCUT2D eigenvalue weighted by Crippen LogP contribution is -2.30. The monoisotopic (exact) mass is 1130 g/mol. The van der Waals surface area contributed by atoms with Gasteiger partial charge in [-0.25, -0.2) is 0 Å². The smallest absolute Gasteiger partial charge is 0.306 e. The number of ether oxygens (including phenoxy) is 3. The van der Waals surface area contributed by atoms with E-state index in [0.717, 1.165) is 83.5 Å². The van der Waals surface area contributed by atoms with Crippen LogP contribution in [0.4, 0.5) is 0 Å². The van der Waals surface area contributed by atoms with Crippen LogP contribution in [0.15, 0.2) is 97.2 Å². The summed E-state index contributed by atoms with van der Waals surface area (Å²) in [7, 11) is 0. The molecule has 81 heavy (non-hydrogen) atoms. The fourth-order valence-electron chi connectivity index (χ4n) is 9.91. The lowest BCUT2D eigenvalue weighted by molar-refractivity contribution is -0.166. The van der Waals surface area contributed by atoms with E-state index >= 15 is 0 Å². The third-order valence-electron chi connectivity index (χ3n) is 15.1. The molecule has 0 heterocycles. The maximum Gasteiger partial charge on any atom is 0.306 e. The predicted octanol–water partition coefficient (Wildman–Crippen LogP) is 24.0. The number of hydrogen-bond acceptors (Lipinski definition) is 6. The molecule has 0 rings (SSSR count). The minimum atomic E-state index is -0.810. The zero-order valence-electron chi connectivity index (χ0n) is 53.5. The Kier molecular flexibility index (Phi) is 65.7. The van der Waals surface area contributed by atoms with Crippen molar-refractivity contribution >= 4 is 17.9 Å². The lowest BCUT2D eigenvalue weighted by Gasteiger charge is -2.18. The molecular weight excluding hydrogens is 997 g/mol. The molecule has 0 N–H and O–H groups in total. The van der Waals surface area contributed by atoms with Gasteiger partial charge in [-0.1, -0.05) is 330 Å². The Balaban J connectivity index is 4.43. The Morgan fingerprint density at radius 2 is 0.506 bits per heavy atom. The molecular formula is C75H130O6. The molecule has 0 bridgehead atoms. The molecule has 0 saturated carbocycles. The van der Waals surface area contributed by atoms with Gasteiger partial charge in [-0.3, -0.25) is 14.4 Å². The largest absolute Gasteiger partial charge is 0.462 e. The first kappa shape index (κ1) is 77.3. The highest BCUT2D eigenvalue weighted by Crippen LogP contribution is 2.17. The van der Waals surface area contributed by atoms with Gasteiger partial charge in [0.25, 0.3) is 0 Å². The summed E-state index contributed by atoms with van der Waals surface area (Å²) in [4.78, 5) is 38.4. The van der Waals surface area contributed by atoms with Crippen molar-refractivity contribution in [2.75, 3.05) is 13.2 Å². The van der Waals surface area contributed by atoms with Crippen LogP contribution in [-0.4, -0.2) is 37.2 Å². The Hall–Kier alpha value is -3.67. The van der Waals surface area contributed by atoms with Gasteiger partial charge < -0.3 is 14.2 Å². The Labute approximate surface area is 502 Å². The van der Waals surface area contributed by atoms with E-state index in [0.29, 0.717) is 19.3 Å². The summed E-state index contributed by atoms with van der Waals surface area (Å²) >= 11 is 0. The molecule has 0 aliphatic rings. The standard InChI is InChI=1S/C75H130O6/c1-4-7-10-13-16-19-22-25-28-31-34-36-37-39-41-44-47-50-53-56-59-62-65-68-74(77)80-71-72(70-79-73(76)67-64-61-58-55-52-49-46-43-40-33-30-27-24-21-18-15-12-9-6-3)81-75(78)69-66-63-60-57-54-51-48-45-42-38-35-32-29-26-23-20-17-14-11-8-5-2/h9,12,18,21-22,25,27,30-31,34,40,43,49,52,58,61,72H,4-8,10-11,13-17,19-20,23-24,26,28-29,32-33,35-39,41-42,44-48,50-51,53-57,59-60,62-71H2,1-3H3/b12-9-,21-18-,25-22-,30-27-,34-31-,43-40-,52-49-,61-58-. The first-order chi connectivity index (χ1) is 40.0. The number of esters is 3. The molecule has 0 spiro atoms. The topological polar surface area (TPSA) is 78.9 Å². The van der Waals surface area contributed by atoms with E-state index in [1.807, 2.05) is 6.08 Å². The highest BCUT2D eigenvalue weighted by atomic mass is 16.6. The van der Waals surface area contributed by atoms with Crippen LogP contribution in [-0.2, 0) is 28.6 Å². The highest BCUT2D eigenvalue weighted by Gasteiger charge is 2.19. The van der Waals surface area contributed by atoms with Gasteiger partial charge in [0, 0.05) is 19.3 Å². The summed E-state index contributed by atoms with van der Waals surface area (Å²) in [5.41, 5.74) is 0. The van der Waals surface area contributed by atoms with Crippen molar-refractivity contribution in [2.24, 2.45) is 0 Å². The molecule has 0 aliphatic heterocycles. The predicted molar refractivity (Wildman–Crippen MR) is 353 cm³/mol. The zero-order chi connectivity index (χ0) is 58.5. The minimum Gasteiger partial charge on any atom is -0.462 e. The van der Waals surface area contributed by atoms with Gasteiger partial charge in [-0.15, -0.1) is 0 Å². The second-order valence-electron chi connectivity index (χ2n) is 23.1. The maximum atomic E-state index is 13.0. The summed E-state index contributed by atoms with van der Waals surface area (Å²) in [5, 5.41) is 0. The normalized spacial score (nSPS) is 12.7. The third-order valence-corrected chi connectivity index (χ3v) is 15.1. The number of rotatable bonds is 63. The van der Waals surface area contributed by atoms with Crippen molar-refractivity contribution < 1.29 is 28.6 Å². The van der Waals surface area contributed by atoms with E-state index in [9.17, 15) is 14.4 Å². The first-order valence-corrected chi connectivity index (χ1v) is 34.7. The molecule has 466 valence electrons. The van der Waals surface area contributed by atoms with E-state index in [2.05, 4.69) is 112 Å². The summed E-state index contributed by atoms with van der Waals surface area (Å²) in [5.74, 6) is -0.972. The molecule has 0 saturated heterocycles. The van der Waals surface area contributed by atoms with Gasteiger partial charge in [0.15, 0.2) is 6.10 Å².